The fourth-order valence-corrected chi connectivity index (χ4v) is 2.67. The second kappa shape index (κ2) is 9.74. The molecule has 2 aromatic rings. The topological polar surface area (TPSA) is 147 Å². The number of nitrogens with zero attached hydrogens (tertiary/aromatic N) is 4. The maximum atomic E-state index is 14.8. The lowest BCUT2D eigenvalue weighted by atomic mass is 10.1. The number of ether oxygens (including phenoxy) is 1. The average Bonchev–Trinajstić information content (AvgIpc) is 2.69. The van der Waals surface area contributed by atoms with Crippen molar-refractivity contribution in [3.05, 3.63) is 42.0 Å². The summed E-state index contributed by atoms with van der Waals surface area (Å²) in [6, 6.07) is 4.74. The monoisotopic (exact) mass is 416 g/mol. The molecule has 1 aromatic carbocycles. The van der Waals surface area contributed by atoms with Crippen molar-refractivity contribution in [2.75, 3.05) is 31.2 Å². The molecule has 0 bridgehead atoms. The van der Waals surface area contributed by atoms with E-state index in [-0.39, 0.29) is 43.2 Å². The van der Waals surface area contributed by atoms with Crippen LogP contribution in [0.2, 0.25) is 0 Å². The van der Waals surface area contributed by atoms with Crippen molar-refractivity contribution in [1.82, 2.24) is 9.97 Å². The van der Waals surface area contributed by atoms with Gasteiger partial charge in [-0.15, -0.1) is 0 Å². The van der Waals surface area contributed by atoms with Crippen LogP contribution in [0.5, 0.6) is 0 Å². The number of oxime groups is 1. The van der Waals surface area contributed by atoms with Gasteiger partial charge in [-0.25, -0.2) is 14.4 Å². The van der Waals surface area contributed by atoms with Crippen LogP contribution in [0.3, 0.4) is 0 Å². The van der Waals surface area contributed by atoms with E-state index in [2.05, 4.69) is 15.1 Å². The highest BCUT2D eigenvalue weighted by molar-refractivity contribution is 5.98. The molecule has 4 N–H and O–H groups in total. The van der Waals surface area contributed by atoms with Crippen LogP contribution >= 0.6 is 0 Å². The molecule has 1 aliphatic heterocycles. The number of carbonyl (C=O) groups excluding carboxylic acids is 1. The van der Waals surface area contributed by atoms with Gasteiger partial charge in [-0.05, 0) is 0 Å². The van der Waals surface area contributed by atoms with Crippen LogP contribution in [-0.2, 0) is 21.0 Å². The first-order valence-electron chi connectivity index (χ1n) is 9.09. The van der Waals surface area contributed by atoms with E-state index in [1.165, 1.54) is 18.5 Å². The summed E-state index contributed by atoms with van der Waals surface area (Å²) in [7, 11) is 0. The standard InChI is InChI=1S/C19H21FN6O4/c20-18-12(11-29-17(28)6-16(21)22)2-1-3-15(18)13-7-23-19(24-8-13)26-9-14(10-26)25-30-5-4-27/h1-3,7-8,27H,4-6,9-11H2,(H3,21,22). The number of hydrogen-bond acceptors (Lipinski definition) is 9. The molecule has 0 radical (unpaired) electrons. The molecule has 0 amide bonds. The summed E-state index contributed by atoms with van der Waals surface area (Å²) in [5.74, 6) is -1.07. The van der Waals surface area contributed by atoms with Gasteiger partial charge in [0, 0.05) is 29.1 Å². The van der Waals surface area contributed by atoms with Crippen molar-refractivity contribution in [3.8, 4) is 11.1 Å². The Labute approximate surface area is 171 Å². The maximum absolute atomic E-state index is 14.8. The van der Waals surface area contributed by atoms with Crippen LogP contribution in [0, 0.1) is 11.2 Å². The molecule has 3 rings (SSSR count). The van der Waals surface area contributed by atoms with E-state index in [0.717, 1.165) is 5.71 Å². The number of aliphatic hydroxyl groups is 1. The van der Waals surface area contributed by atoms with Crippen molar-refractivity contribution >= 4 is 23.5 Å². The summed E-state index contributed by atoms with van der Waals surface area (Å²) in [5.41, 5.74) is 6.92. The van der Waals surface area contributed by atoms with Gasteiger partial charge in [0.15, 0.2) is 0 Å². The van der Waals surface area contributed by atoms with E-state index in [4.69, 9.17) is 25.8 Å². The summed E-state index contributed by atoms with van der Waals surface area (Å²) in [4.78, 5) is 26.8. The second-order valence-corrected chi connectivity index (χ2v) is 6.48. The molecule has 0 aliphatic carbocycles. The molecule has 30 heavy (non-hydrogen) atoms. The molecule has 1 aromatic heterocycles. The smallest absolute Gasteiger partial charge is 0.313 e. The zero-order valence-corrected chi connectivity index (χ0v) is 16.0. The molecular formula is C19H21FN6O4. The fourth-order valence-electron chi connectivity index (χ4n) is 2.67. The molecule has 10 nitrogen and oxygen atoms in total. The van der Waals surface area contributed by atoms with Crippen LogP contribution in [0.25, 0.3) is 11.1 Å². The van der Waals surface area contributed by atoms with Gasteiger partial charge in [-0.3, -0.25) is 10.2 Å². The van der Waals surface area contributed by atoms with Crippen molar-refractivity contribution in [2.24, 2.45) is 10.9 Å². The second-order valence-electron chi connectivity index (χ2n) is 6.48. The number of aliphatic hydroxyl groups excluding tert-OH is 1. The van der Waals surface area contributed by atoms with E-state index in [9.17, 15) is 9.18 Å². The Balaban J connectivity index is 1.63. The quantitative estimate of drug-likeness (QED) is 0.179. The van der Waals surface area contributed by atoms with Crippen LogP contribution in [0.15, 0.2) is 35.7 Å². The largest absolute Gasteiger partial charge is 0.460 e. The number of halogens is 1. The van der Waals surface area contributed by atoms with Crippen molar-refractivity contribution < 1.29 is 23.9 Å². The van der Waals surface area contributed by atoms with Crippen molar-refractivity contribution in [2.45, 2.75) is 13.0 Å². The number of nitrogens with two attached hydrogens (primary N) is 1. The Hall–Kier alpha value is -3.60. The van der Waals surface area contributed by atoms with Gasteiger partial charge in [0.05, 0.1) is 25.4 Å². The number of aromatic nitrogens is 2. The zero-order valence-electron chi connectivity index (χ0n) is 16.0. The van der Waals surface area contributed by atoms with E-state index in [0.29, 0.717) is 24.6 Å². The van der Waals surface area contributed by atoms with Crippen LogP contribution < -0.4 is 10.6 Å². The first kappa shape index (κ1) is 21.1. The Kier molecular flexibility index (Phi) is 6.86. The predicted molar refractivity (Wildman–Crippen MR) is 106 cm³/mol. The number of rotatable bonds is 9. The number of esters is 1. The van der Waals surface area contributed by atoms with E-state index < -0.39 is 11.8 Å². The first-order chi connectivity index (χ1) is 14.5. The molecule has 0 saturated carbocycles. The number of nitrogens with one attached hydrogen (secondary N) is 1. The van der Waals surface area contributed by atoms with Gasteiger partial charge < -0.3 is 25.3 Å². The molecule has 2 heterocycles. The summed E-state index contributed by atoms with van der Waals surface area (Å²) >= 11 is 0. The van der Waals surface area contributed by atoms with Crippen LogP contribution in [0.4, 0.5) is 10.3 Å². The lowest BCUT2D eigenvalue weighted by molar-refractivity contribution is -0.143. The molecule has 0 spiro atoms. The minimum absolute atomic E-state index is 0.0936. The summed E-state index contributed by atoms with van der Waals surface area (Å²) in [6.45, 7) is 0.818. The van der Waals surface area contributed by atoms with Gasteiger partial charge >= 0.3 is 5.97 Å². The van der Waals surface area contributed by atoms with Gasteiger partial charge in [0.25, 0.3) is 0 Å². The number of benzene rings is 1. The third-order valence-electron chi connectivity index (χ3n) is 4.16. The fraction of sp³-hybridized carbons (Fsp3) is 0.316. The van der Waals surface area contributed by atoms with Gasteiger partial charge in [0.1, 0.15) is 31.3 Å². The van der Waals surface area contributed by atoms with E-state index in [1.807, 2.05) is 4.90 Å². The van der Waals surface area contributed by atoms with Crippen molar-refractivity contribution in [1.29, 1.82) is 5.41 Å². The Morgan fingerprint density at radius 2 is 2.07 bits per heavy atom. The third-order valence-corrected chi connectivity index (χ3v) is 4.16. The lowest BCUT2D eigenvalue weighted by Crippen LogP contribution is -2.48. The third kappa shape index (κ3) is 5.26. The van der Waals surface area contributed by atoms with Crippen LogP contribution in [-0.4, -0.2) is 58.9 Å². The highest BCUT2D eigenvalue weighted by Gasteiger charge is 2.25. The number of anilines is 1. The van der Waals surface area contributed by atoms with Gasteiger partial charge in [-0.2, -0.15) is 0 Å². The van der Waals surface area contributed by atoms with E-state index >= 15 is 0 Å². The highest BCUT2D eigenvalue weighted by atomic mass is 19.1. The Morgan fingerprint density at radius 1 is 1.33 bits per heavy atom. The summed E-state index contributed by atoms with van der Waals surface area (Å²) < 4.78 is 19.8. The van der Waals surface area contributed by atoms with Crippen molar-refractivity contribution in [3.63, 3.8) is 0 Å². The predicted octanol–water partition coefficient (Wildman–Crippen LogP) is 0.837. The molecule has 1 aliphatic rings. The van der Waals surface area contributed by atoms with Gasteiger partial charge in [0.2, 0.25) is 5.95 Å². The summed E-state index contributed by atoms with van der Waals surface area (Å²) in [5, 5.41) is 19.6. The van der Waals surface area contributed by atoms with E-state index in [1.54, 1.807) is 12.1 Å². The van der Waals surface area contributed by atoms with Crippen LogP contribution in [0.1, 0.15) is 12.0 Å². The summed E-state index contributed by atoms with van der Waals surface area (Å²) in [6.07, 6.45) is 2.69. The Bertz CT molecular complexity index is 943. The average molecular weight is 416 g/mol. The molecule has 0 unspecified atom stereocenters. The lowest BCUT2D eigenvalue weighted by Gasteiger charge is -2.31. The SMILES string of the molecule is N=C(N)CC(=O)OCc1cccc(-c2cnc(N3CC(=NOCCO)C3)nc2)c1F. The highest BCUT2D eigenvalue weighted by Crippen LogP contribution is 2.26. The number of amidine groups is 1. The molecule has 11 heteroatoms. The minimum Gasteiger partial charge on any atom is -0.460 e. The molecule has 1 saturated heterocycles. The maximum Gasteiger partial charge on any atom is 0.313 e. The molecule has 158 valence electrons. The van der Waals surface area contributed by atoms with Gasteiger partial charge in [-0.1, -0.05) is 23.4 Å². The molecular weight excluding hydrogens is 395 g/mol. The Morgan fingerprint density at radius 3 is 2.73 bits per heavy atom. The first-order valence-corrected chi connectivity index (χ1v) is 9.09. The normalized spacial score (nSPS) is 12.9. The molecule has 1 fully saturated rings. The number of carbonyl (C=O) groups is 1. The molecule has 0 atom stereocenters. The minimum atomic E-state index is -0.695. The zero-order chi connectivity index (χ0) is 21.5. The number of hydrogen-bond donors (Lipinski definition) is 3.